The predicted octanol–water partition coefficient (Wildman–Crippen LogP) is 3.94. The number of pyridine rings is 1. The summed E-state index contributed by atoms with van der Waals surface area (Å²) < 4.78 is 27.0. The number of carbonyl (C=O) groups is 2. The second-order valence-electron chi connectivity index (χ2n) is 6.69. The molecule has 4 rings (SSSR count). The summed E-state index contributed by atoms with van der Waals surface area (Å²) in [5.74, 6) is 0.813. The molecular formula is C24H19NO7. The number of methoxy groups -OCH3 is 3. The molecule has 0 unspecified atom stereocenters. The van der Waals surface area contributed by atoms with Crippen LogP contribution in [0.25, 0.3) is 6.08 Å². The molecule has 0 saturated heterocycles. The summed E-state index contributed by atoms with van der Waals surface area (Å²) in [6.45, 7) is 0. The van der Waals surface area contributed by atoms with Crippen molar-refractivity contribution >= 4 is 17.8 Å². The first-order valence-corrected chi connectivity index (χ1v) is 9.54. The number of aromatic nitrogens is 1. The van der Waals surface area contributed by atoms with Gasteiger partial charge in [0, 0.05) is 18.5 Å². The average molecular weight is 433 g/mol. The maximum atomic E-state index is 12.7. The number of fused-ring (bicyclic) bond motifs is 1. The number of nitrogens with zero attached hydrogens (tertiary/aromatic N) is 1. The summed E-state index contributed by atoms with van der Waals surface area (Å²) in [4.78, 5) is 29.3. The van der Waals surface area contributed by atoms with Gasteiger partial charge in [-0.25, -0.2) is 4.79 Å². The zero-order valence-corrected chi connectivity index (χ0v) is 17.6. The second kappa shape index (κ2) is 8.81. The quantitative estimate of drug-likeness (QED) is 0.328. The Kier molecular flexibility index (Phi) is 5.76. The highest BCUT2D eigenvalue weighted by molar-refractivity contribution is 6.14. The van der Waals surface area contributed by atoms with E-state index in [0.717, 1.165) is 5.56 Å². The van der Waals surface area contributed by atoms with Gasteiger partial charge in [-0.15, -0.1) is 0 Å². The van der Waals surface area contributed by atoms with Gasteiger partial charge in [0.1, 0.15) is 11.5 Å². The smallest absolute Gasteiger partial charge is 0.343 e. The van der Waals surface area contributed by atoms with Crippen molar-refractivity contribution in [3.8, 4) is 28.7 Å². The van der Waals surface area contributed by atoms with Crippen LogP contribution in [0.5, 0.6) is 28.7 Å². The van der Waals surface area contributed by atoms with Crippen molar-refractivity contribution < 1.29 is 33.3 Å². The van der Waals surface area contributed by atoms with Crippen molar-refractivity contribution in [3.05, 3.63) is 77.3 Å². The van der Waals surface area contributed by atoms with Gasteiger partial charge >= 0.3 is 5.97 Å². The fraction of sp³-hybridized carbons (Fsp3) is 0.125. The molecule has 0 bridgehead atoms. The Labute approximate surface area is 184 Å². The van der Waals surface area contributed by atoms with E-state index in [9.17, 15) is 9.59 Å². The van der Waals surface area contributed by atoms with Gasteiger partial charge < -0.3 is 23.7 Å². The van der Waals surface area contributed by atoms with Crippen molar-refractivity contribution in [2.24, 2.45) is 0 Å². The fourth-order valence-corrected chi connectivity index (χ4v) is 3.21. The number of ketones is 1. The Morgan fingerprint density at radius 3 is 2.38 bits per heavy atom. The molecule has 0 amide bonds. The Bertz CT molecular complexity index is 1190. The average Bonchev–Trinajstić information content (AvgIpc) is 3.12. The third kappa shape index (κ3) is 3.98. The SMILES string of the molecule is COc1cc(C(=O)Oc2ccc3c(c2)OC(=Cc2cccnc2)C3=O)cc(OC)c1OC. The van der Waals surface area contributed by atoms with E-state index in [1.807, 2.05) is 6.07 Å². The molecule has 0 saturated carbocycles. The molecule has 1 aliphatic rings. The number of Topliss-reactive ketones (excluding diaryl/α,β-unsaturated/α-hetero) is 1. The minimum absolute atomic E-state index is 0.168. The Morgan fingerprint density at radius 2 is 1.75 bits per heavy atom. The number of allylic oxidation sites excluding steroid dienone is 1. The summed E-state index contributed by atoms with van der Waals surface area (Å²) in [7, 11) is 4.39. The number of esters is 1. The van der Waals surface area contributed by atoms with E-state index >= 15 is 0 Å². The molecule has 2 heterocycles. The van der Waals surface area contributed by atoms with E-state index in [1.165, 1.54) is 45.6 Å². The van der Waals surface area contributed by atoms with Crippen molar-refractivity contribution in [2.75, 3.05) is 21.3 Å². The molecule has 2 aromatic carbocycles. The molecular weight excluding hydrogens is 414 g/mol. The third-order valence-electron chi connectivity index (χ3n) is 4.73. The first-order chi connectivity index (χ1) is 15.5. The molecule has 0 spiro atoms. The molecule has 0 atom stereocenters. The molecule has 0 radical (unpaired) electrons. The van der Waals surface area contributed by atoms with Gasteiger partial charge in [-0.1, -0.05) is 6.07 Å². The van der Waals surface area contributed by atoms with Gasteiger partial charge in [-0.3, -0.25) is 9.78 Å². The lowest BCUT2D eigenvalue weighted by Gasteiger charge is -2.13. The highest BCUT2D eigenvalue weighted by Crippen LogP contribution is 2.39. The minimum Gasteiger partial charge on any atom is -0.493 e. The van der Waals surface area contributed by atoms with Gasteiger partial charge in [0.2, 0.25) is 11.5 Å². The van der Waals surface area contributed by atoms with Gasteiger partial charge in [-0.2, -0.15) is 0 Å². The van der Waals surface area contributed by atoms with E-state index in [4.69, 9.17) is 23.7 Å². The van der Waals surface area contributed by atoms with Crippen LogP contribution in [0.15, 0.2) is 60.6 Å². The van der Waals surface area contributed by atoms with Crippen LogP contribution in [-0.4, -0.2) is 38.1 Å². The maximum Gasteiger partial charge on any atom is 0.343 e. The monoisotopic (exact) mass is 433 g/mol. The lowest BCUT2D eigenvalue weighted by atomic mass is 10.1. The summed E-state index contributed by atoms with van der Waals surface area (Å²) in [6.07, 6.45) is 4.87. The first kappa shape index (κ1) is 20.9. The van der Waals surface area contributed by atoms with Crippen LogP contribution in [0.3, 0.4) is 0 Å². The molecule has 32 heavy (non-hydrogen) atoms. The molecule has 0 fully saturated rings. The van der Waals surface area contributed by atoms with Gasteiger partial charge in [-0.05, 0) is 42.0 Å². The van der Waals surface area contributed by atoms with Crippen LogP contribution >= 0.6 is 0 Å². The third-order valence-corrected chi connectivity index (χ3v) is 4.73. The summed E-state index contributed by atoms with van der Waals surface area (Å²) in [6, 6.07) is 11.1. The van der Waals surface area contributed by atoms with Crippen molar-refractivity contribution in [1.29, 1.82) is 0 Å². The molecule has 0 N–H and O–H groups in total. The predicted molar refractivity (Wildman–Crippen MR) is 115 cm³/mol. The Morgan fingerprint density at radius 1 is 1.00 bits per heavy atom. The van der Waals surface area contributed by atoms with Crippen LogP contribution in [0.1, 0.15) is 26.3 Å². The molecule has 3 aromatic rings. The highest BCUT2D eigenvalue weighted by atomic mass is 16.5. The molecule has 0 aliphatic carbocycles. The van der Waals surface area contributed by atoms with E-state index in [1.54, 1.807) is 30.6 Å². The summed E-state index contributed by atoms with van der Waals surface area (Å²) >= 11 is 0. The Hall–Kier alpha value is -4.33. The van der Waals surface area contributed by atoms with Crippen LogP contribution in [0.4, 0.5) is 0 Å². The van der Waals surface area contributed by atoms with Crippen molar-refractivity contribution in [2.45, 2.75) is 0 Å². The number of benzene rings is 2. The number of hydrogen-bond acceptors (Lipinski definition) is 8. The second-order valence-corrected chi connectivity index (χ2v) is 6.69. The molecule has 8 nitrogen and oxygen atoms in total. The maximum absolute atomic E-state index is 12.7. The van der Waals surface area contributed by atoms with Gasteiger partial charge in [0.05, 0.1) is 32.5 Å². The van der Waals surface area contributed by atoms with Gasteiger partial charge in [0.15, 0.2) is 17.3 Å². The van der Waals surface area contributed by atoms with Crippen molar-refractivity contribution in [1.82, 2.24) is 4.98 Å². The van der Waals surface area contributed by atoms with E-state index < -0.39 is 5.97 Å². The lowest BCUT2D eigenvalue weighted by Crippen LogP contribution is -2.09. The zero-order chi connectivity index (χ0) is 22.7. The van der Waals surface area contributed by atoms with Crippen LogP contribution in [0, 0.1) is 0 Å². The zero-order valence-electron chi connectivity index (χ0n) is 17.6. The normalized spacial score (nSPS) is 13.3. The minimum atomic E-state index is -0.639. The molecule has 1 aliphatic heterocycles. The summed E-state index contributed by atoms with van der Waals surface area (Å²) in [5, 5.41) is 0. The fourth-order valence-electron chi connectivity index (χ4n) is 3.21. The van der Waals surface area contributed by atoms with Gasteiger partial charge in [0.25, 0.3) is 0 Å². The van der Waals surface area contributed by atoms with Crippen LogP contribution in [0.2, 0.25) is 0 Å². The Balaban J connectivity index is 1.57. The molecule has 8 heteroatoms. The number of hydrogen-bond donors (Lipinski definition) is 0. The van der Waals surface area contributed by atoms with Crippen molar-refractivity contribution in [3.63, 3.8) is 0 Å². The van der Waals surface area contributed by atoms with Crippen LogP contribution in [-0.2, 0) is 0 Å². The first-order valence-electron chi connectivity index (χ1n) is 9.54. The van der Waals surface area contributed by atoms with E-state index in [-0.39, 0.29) is 22.9 Å². The lowest BCUT2D eigenvalue weighted by molar-refractivity contribution is 0.0733. The number of ether oxygens (including phenoxy) is 5. The number of carbonyl (C=O) groups excluding carboxylic acids is 2. The largest absolute Gasteiger partial charge is 0.493 e. The molecule has 1 aromatic heterocycles. The van der Waals surface area contributed by atoms with E-state index in [0.29, 0.717) is 28.6 Å². The molecule has 162 valence electrons. The standard InChI is InChI=1S/C24H19NO7/c1-28-20-10-15(11-21(29-2)23(20)30-3)24(27)31-16-6-7-17-18(12-16)32-19(22(17)26)9-14-5-4-8-25-13-14/h4-13H,1-3H3. The summed E-state index contributed by atoms with van der Waals surface area (Å²) in [5.41, 5.74) is 1.32. The van der Waals surface area contributed by atoms with Crippen LogP contribution < -0.4 is 23.7 Å². The van der Waals surface area contributed by atoms with E-state index in [2.05, 4.69) is 4.98 Å². The number of rotatable bonds is 6. The topological polar surface area (TPSA) is 93.2 Å². The highest BCUT2D eigenvalue weighted by Gasteiger charge is 2.28.